The zero-order valence-electron chi connectivity index (χ0n) is 10.9. The third-order valence-electron chi connectivity index (χ3n) is 1.69. The highest BCUT2D eigenvalue weighted by molar-refractivity contribution is 6.38. The van der Waals surface area contributed by atoms with Crippen LogP contribution in [0.5, 0.6) is 0 Å². The Balaban J connectivity index is 3.91. The molecule has 0 aliphatic rings. The van der Waals surface area contributed by atoms with E-state index in [1.54, 1.807) is 0 Å². The van der Waals surface area contributed by atoms with Crippen LogP contribution in [0.15, 0.2) is 0 Å². The van der Waals surface area contributed by atoms with Crippen LogP contribution < -0.4 is 0 Å². The summed E-state index contributed by atoms with van der Waals surface area (Å²) in [6.07, 6.45) is -0.330. The summed E-state index contributed by atoms with van der Waals surface area (Å²) in [6.45, 7) is 8.17. The first-order chi connectivity index (χ1) is 7.82. The SMILES string of the molecule is CC(C)COC(=O)CC(=N)C(=O)OCC(C)C. The molecule has 0 saturated heterocycles. The highest BCUT2D eigenvalue weighted by Crippen LogP contribution is 1.99. The van der Waals surface area contributed by atoms with Gasteiger partial charge >= 0.3 is 11.9 Å². The fraction of sp³-hybridized carbons (Fsp3) is 0.750. The second-order valence-corrected chi connectivity index (χ2v) is 4.72. The molecule has 5 heteroatoms. The molecule has 0 aromatic heterocycles. The van der Waals surface area contributed by atoms with Gasteiger partial charge in [0, 0.05) is 0 Å². The van der Waals surface area contributed by atoms with Crippen molar-refractivity contribution in [3.05, 3.63) is 0 Å². The fourth-order valence-corrected chi connectivity index (χ4v) is 0.857. The van der Waals surface area contributed by atoms with E-state index in [0.717, 1.165) is 0 Å². The zero-order valence-corrected chi connectivity index (χ0v) is 10.9. The molecule has 0 aromatic carbocycles. The first-order valence-corrected chi connectivity index (χ1v) is 5.73. The Hall–Kier alpha value is -1.39. The van der Waals surface area contributed by atoms with E-state index < -0.39 is 11.9 Å². The average Bonchev–Trinajstić information content (AvgIpc) is 2.22. The van der Waals surface area contributed by atoms with Crippen molar-refractivity contribution in [2.45, 2.75) is 34.1 Å². The third kappa shape index (κ3) is 8.42. The lowest BCUT2D eigenvalue weighted by Gasteiger charge is -2.09. The molecule has 0 fully saturated rings. The van der Waals surface area contributed by atoms with E-state index in [0.29, 0.717) is 6.61 Å². The standard InChI is InChI=1S/C12H21NO4/c1-8(2)6-16-11(14)5-10(13)12(15)17-7-9(3)4/h8-9,13H,5-7H2,1-4H3. The number of hydrogen-bond donors (Lipinski definition) is 1. The predicted octanol–water partition coefficient (Wildman–Crippen LogP) is 1.79. The van der Waals surface area contributed by atoms with Crippen LogP contribution in [0.4, 0.5) is 0 Å². The predicted molar refractivity (Wildman–Crippen MR) is 63.9 cm³/mol. The Morgan fingerprint density at radius 2 is 1.47 bits per heavy atom. The van der Waals surface area contributed by atoms with Crippen LogP contribution in [0.25, 0.3) is 0 Å². The first kappa shape index (κ1) is 15.6. The van der Waals surface area contributed by atoms with E-state index in [9.17, 15) is 9.59 Å². The van der Waals surface area contributed by atoms with Gasteiger partial charge in [0.25, 0.3) is 0 Å². The maximum Gasteiger partial charge on any atom is 0.352 e. The van der Waals surface area contributed by atoms with E-state index in [1.807, 2.05) is 27.7 Å². The van der Waals surface area contributed by atoms with Crippen LogP contribution in [-0.4, -0.2) is 30.9 Å². The number of carbonyl (C=O) groups excluding carboxylic acids is 2. The van der Waals surface area contributed by atoms with Crippen LogP contribution in [0.3, 0.4) is 0 Å². The Labute approximate surface area is 102 Å². The summed E-state index contributed by atoms with van der Waals surface area (Å²) in [4.78, 5) is 22.5. The number of esters is 2. The Morgan fingerprint density at radius 1 is 1.00 bits per heavy atom. The molecule has 0 rings (SSSR count). The molecule has 5 nitrogen and oxygen atoms in total. The van der Waals surface area contributed by atoms with Gasteiger partial charge in [-0.1, -0.05) is 27.7 Å². The zero-order chi connectivity index (χ0) is 13.4. The molecule has 0 amide bonds. The van der Waals surface area contributed by atoms with Crippen molar-refractivity contribution in [2.75, 3.05) is 13.2 Å². The molecule has 0 heterocycles. The number of nitrogens with one attached hydrogen (secondary N) is 1. The van der Waals surface area contributed by atoms with Crippen molar-refractivity contribution in [2.24, 2.45) is 11.8 Å². The van der Waals surface area contributed by atoms with Gasteiger partial charge in [0.2, 0.25) is 0 Å². The highest BCUT2D eigenvalue weighted by Gasteiger charge is 2.16. The topological polar surface area (TPSA) is 76.5 Å². The third-order valence-corrected chi connectivity index (χ3v) is 1.69. The van der Waals surface area contributed by atoms with Crippen molar-refractivity contribution in [3.8, 4) is 0 Å². The molecular formula is C12H21NO4. The van der Waals surface area contributed by atoms with E-state index in [4.69, 9.17) is 14.9 Å². The molecule has 0 bridgehead atoms. The van der Waals surface area contributed by atoms with Crippen LogP contribution in [0.2, 0.25) is 0 Å². The van der Waals surface area contributed by atoms with Crippen molar-refractivity contribution < 1.29 is 19.1 Å². The van der Waals surface area contributed by atoms with Crippen LogP contribution in [-0.2, 0) is 19.1 Å². The summed E-state index contributed by atoms with van der Waals surface area (Å²) in [5.41, 5.74) is -0.362. The molecule has 0 unspecified atom stereocenters. The second kappa shape index (κ2) is 7.81. The molecular weight excluding hydrogens is 222 g/mol. The number of hydrogen-bond acceptors (Lipinski definition) is 5. The summed E-state index contributed by atoms with van der Waals surface area (Å²) < 4.78 is 9.68. The number of ether oxygens (including phenoxy) is 2. The van der Waals surface area contributed by atoms with Crippen molar-refractivity contribution in [3.63, 3.8) is 0 Å². The van der Waals surface area contributed by atoms with E-state index in [-0.39, 0.29) is 30.6 Å². The maximum atomic E-state index is 11.3. The monoisotopic (exact) mass is 243 g/mol. The molecule has 17 heavy (non-hydrogen) atoms. The van der Waals surface area contributed by atoms with Gasteiger partial charge in [-0.15, -0.1) is 0 Å². The summed E-state index contributed by atoms with van der Waals surface area (Å²) >= 11 is 0. The minimum atomic E-state index is -0.750. The quantitative estimate of drug-likeness (QED) is 0.546. The minimum Gasteiger partial charge on any atom is -0.465 e. The van der Waals surface area contributed by atoms with Crippen molar-refractivity contribution in [1.82, 2.24) is 0 Å². The maximum absolute atomic E-state index is 11.3. The fourth-order valence-electron chi connectivity index (χ4n) is 0.857. The second-order valence-electron chi connectivity index (χ2n) is 4.72. The van der Waals surface area contributed by atoms with Crippen LogP contribution >= 0.6 is 0 Å². The van der Waals surface area contributed by atoms with Gasteiger partial charge in [-0.25, -0.2) is 4.79 Å². The first-order valence-electron chi connectivity index (χ1n) is 5.73. The molecule has 0 atom stereocenters. The molecule has 0 radical (unpaired) electrons. The highest BCUT2D eigenvalue weighted by atomic mass is 16.5. The lowest BCUT2D eigenvalue weighted by Crippen LogP contribution is -2.23. The summed E-state index contributed by atoms with van der Waals surface area (Å²) in [6, 6.07) is 0. The molecule has 98 valence electrons. The molecule has 0 aromatic rings. The normalized spacial score (nSPS) is 10.5. The van der Waals surface area contributed by atoms with Gasteiger partial charge in [-0.05, 0) is 11.8 Å². The van der Waals surface area contributed by atoms with Crippen molar-refractivity contribution >= 4 is 17.7 Å². The molecule has 1 N–H and O–H groups in total. The van der Waals surface area contributed by atoms with Gasteiger partial charge in [0.1, 0.15) is 5.71 Å². The van der Waals surface area contributed by atoms with Crippen LogP contribution in [0.1, 0.15) is 34.1 Å². The summed E-state index contributed by atoms with van der Waals surface area (Å²) in [7, 11) is 0. The molecule has 0 aliphatic carbocycles. The molecule has 0 saturated carbocycles. The van der Waals surface area contributed by atoms with Gasteiger partial charge in [0.15, 0.2) is 0 Å². The van der Waals surface area contributed by atoms with Gasteiger partial charge in [-0.2, -0.15) is 0 Å². The summed E-state index contributed by atoms with van der Waals surface area (Å²) in [5, 5.41) is 7.38. The van der Waals surface area contributed by atoms with Crippen LogP contribution in [0, 0.1) is 17.2 Å². The number of carbonyl (C=O) groups is 2. The van der Waals surface area contributed by atoms with E-state index in [1.165, 1.54) is 0 Å². The number of rotatable bonds is 7. The average molecular weight is 243 g/mol. The smallest absolute Gasteiger partial charge is 0.352 e. The summed E-state index contributed by atoms with van der Waals surface area (Å²) in [5.74, 6) is -0.869. The van der Waals surface area contributed by atoms with Gasteiger partial charge < -0.3 is 9.47 Å². The largest absolute Gasteiger partial charge is 0.465 e. The van der Waals surface area contributed by atoms with E-state index in [2.05, 4.69) is 0 Å². The lowest BCUT2D eigenvalue weighted by atomic mass is 10.2. The Morgan fingerprint density at radius 3 is 1.94 bits per heavy atom. The van der Waals surface area contributed by atoms with Gasteiger partial charge in [0.05, 0.1) is 19.6 Å². The Kier molecular flexibility index (Phi) is 7.18. The Bertz CT molecular complexity index is 284. The van der Waals surface area contributed by atoms with Gasteiger partial charge in [-0.3, -0.25) is 10.2 Å². The minimum absolute atomic E-state index is 0.208. The molecule has 0 spiro atoms. The molecule has 0 aliphatic heterocycles. The van der Waals surface area contributed by atoms with E-state index >= 15 is 0 Å². The lowest BCUT2D eigenvalue weighted by molar-refractivity contribution is -0.144. The van der Waals surface area contributed by atoms with Crippen molar-refractivity contribution in [1.29, 1.82) is 5.41 Å².